The van der Waals surface area contributed by atoms with Crippen molar-refractivity contribution >= 4 is 52.2 Å². The average molecular weight is 628 g/mol. The number of amides is 3. The van der Waals surface area contributed by atoms with Crippen LogP contribution in [0.4, 0.5) is 28.9 Å². The number of fused-ring (bicyclic) bond motifs is 2. The van der Waals surface area contributed by atoms with Crippen molar-refractivity contribution in [3.05, 3.63) is 110 Å². The van der Waals surface area contributed by atoms with Gasteiger partial charge < -0.3 is 5.32 Å². The topological polar surface area (TPSA) is 88.5 Å². The number of aromatic nitrogens is 1. The van der Waals surface area contributed by atoms with E-state index in [0.717, 1.165) is 51.8 Å². The molecule has 1 saturated heterocycles. The van der Waals surface area contributed by atoms with Crippen LogP contribution in [0.25, 0.3) is 0 Å². The van der Waals surface area contributed by atoms with Crippen LogP contribution in [0.3, 0.4) is 0 Å². The summed E-state index contributed by atoms with van der Waals surface area (Å²) >= 11 is 1.75. The maximum absolute atomic E-state index is 13.9. The molecule has 43 heavy (non-hydrogen) atoms. The number of anilines is 2. The number of nitrogens with zero attached hydrogens (tertiary/aromatic N) is 2. The molecular weight excluding hydrogens is 606 g/mol. The summed E-state index contributed by atoms with van der Waals surface area (Å²) < 4.78 is 55.5. The molecular formula is C30H21F4N3O4S2. The number of halogens is 4. The summed E-state index contributed by atoms with van der Waals surface area (Å²) in [5.74, 6) is -4.47. The third kappa shape index (κ3) is 5.16. The number of nitrogens with one attached hydrogen (secondary N) is 1. The average Bonchev–Trinajstić information content (AvgIpc) is 3.40. The highest BCUT2D eigenvalue weighted by Crippen LogP contribution is 2.54. The molecule has 0 bridgehead atoms. The van der Waals surface area contributed by atoms with E-state index in [1.165, 1.54) is 34.9 Å². The van der Waals surface area contributed by atoms with Crippen LogP contribution in [-0.2, 0) is 27.1 Å². The minimum absolute atomic E-state index is 0.226. The summed E-state index contributed by atoms with van der Waals surface area (Å²) in [7, 11) is 0. The lowest BCUT2D eigenvalue weighted by molar-refractivity contribution is -0.137. The van der Waals surface area contributed by atoms with E-state index in [-0.39, 0.29) is 12.2 Å². The number of alkyl halides is 3. The van der Waals surface area contributed by atoms with Crippen molar-refractivity contribution in [3.63, 3.8) is 0 Å². The zero-order valence-corrected chi connectivity index (χ0v) is 23.9. The molecule has 0 spiro atoms. The first-order chi connectivity index (χ1) is 20.4. The van der Waals surface area contributed by atoms with Crippen molar-refractivity contribution in [3.8, 4) is 0 Å². The number of thiazole rings is 1. The lowest BCUT2D eigenvalue weighted by Crippen LogP contribution is -2.33. The summed E-state index contributed by atoms with van der Waals surface area (Å²) in [6.07, 6.45) is -4.70. The van der Waals surface area contributed by atoms with Gasteiger partial charge in [-0.25, -0.2) is 9.29 Å². The van der Waals surface area contributed by atoms with Gasteiger partial charge in [-0.15, -0.1) is 0 Å². The predicted octanol–water partition coefficient (Wildman–Crippen LogP) is 5.81. The first-order valence-electron chi connectivity index (χ1n) is 13.0. The Kier molecular flexibility index (Phi) is 7.25. The summed E-state index contributed by atoms with van der Waals surface area (Å²) in [6, 6.07) is 16.3. The normalized spacial score (nSPS) is 19.7. The molecule has 3 atom stereocenters. The van der Waals surface area contributed by atoms with Crippen molar-refractivity contribution in [2.24, 2.45) is 5.92 Å². The van der Waals surface area contributed by atoms with Crippen LogP contribution in [0.15, 0.2) is 82.6 Å². The Hall–Kier alpha value is -4.23. The number of para-hydroxylation sites is 1. The highest BCUT2D eigenvalue weighted by atomic mass is 32.2. The van der Waals surface area contributed by atoms with Gasteiger partial charge in [0.15, 0.2) is 0 Å². The molecule has 3 amide bonds. The van der Waals surface area contributed by atoms with Crippen molar-refractivity contribution < 1.29 is 31.9 Å². The monoisotopic (exact) mass is 627 g/mol. The zero-order valence-electron chi connectivity index (χ0n) is 22.2. The number of carbonyl (C=O) groups excluding carboxylic acids is 3. The maximum Gasteiger partial charge on any atom is 0.416 e. The lowest BCUT2D eigenvalue weighted by Gasteiger charge is -2.30. The van der Waals surface area contributed by atoms with E-state index in [9.17, 15) is 36.7 Å². The minimum Gasteiger partial charge on any atom is -0.324 e. The van der Waals surface area contributed by atoms with Gasteiger partial charge in [-0.3, -0.25) is 23.7 Å². The van der Waals surface area contributed by atoms with E-state index in [1.807, 2.05) is 19.1 Å². The third-order valence-corrected chi connectivity index (χ3v) is 10.0. The summed E-state index contributed by atoms with van der Waals surface area (Å²) in [5.41, 5.74) is 0.582. The third-order valence-electron chi connectivity index (χ3n) is 7.43. The summed E-state index contributed by atoms with van der Waals surface area (Å²) in [5, 5.41) is 1.97. The number of benzene rings is 3. The fourth-order valence-electron chi connectivity index (χ4n) is 5.41. The quantitative estimate of drug-likeness (QED) is 0.223. The van der Waals surface area contributed by atoms with E-state index in [0.29, 0.717) is 21.2 Å². The second-order valence-electron chi connectivity index (χ2n) is 10.1. The number of thioether (sulfide) groups is 1. The number of hydrogen-bond donors (Lipinski definition) is 1. The van der Waals surface area contributed by atoms with Crippen LogP contribution in [0.1, 0.15) is 27.5 Å². The minimum atomic E-state index is -4.70. The SMILES string of the molecule is Cc1ccccc1NC(=O)Cn1c2c(sc1=O)[C@@H](c1ccc(F)cc1)[C@@H]1C(=O)N(c3cccc(C(F)(F)F)c3)C(=O)[C@@H]1S2. The molecule has 2 aliphatic heterocycles. The number of carbonyl (C=O) groups is 3. The number of rotatable bonds is 5. The molecule has 0 unspecified atom stereocenters. The van der Waals surface area contributed by atoms with Crippen LogP contribution >= 0.6 is 23.1 Å². The molecule has 1 N–H and O–H groups in total. The standard InChI is InChI=1S/C30H21F4N3O4S2/c1-15-5-2-3-8-20(15)35-21(38)14-36-28-25(43-29(36)41)22(16-9-11-18(31)12-10-16)23-24(42-28)27(40)37(26(23)39)19-7-4-6-17(13-19)30(32,33)34/h2-13,22-24H,14H2,1H3,(H,35,38)/t22-,23-,24+/m0/s1. The highest BCUT2D eigenvalue weighted by Gasteiger charge is 2.57. The molecule has 3 aromatic carbocycles. The smallest absolute Gasteiger partial charge is 0.324 e. The highest BCUT2D eigenvalue weighted by molar-refractivity contribution is 8.00. The number of aryl methyl sites for hydroxylation is 1. The lowest BCUT2D eigenvalue weighted by atomic mass is 9.83. The van der Waals surface area contributed by atoms with Gasteiger partial charge in [0.2, 0.25) is 17.7 Å². The molecule has 220 valence electrons. The molecule has 0 saturated carbocycles. The Balaban J connectivity index is 1.41. The van der Waals surface area contributed by atoms with Gasteiger partial charge in [-0.2, -0.15) is 13.2 Å². The Morgan fingerprint density at radius 1 is 0.953 bits per heavy atom. The van der Waals surface area contributed by atoms with Gasteiger partial charge in [0.1, 0.15) is 17.6 Å². The number of imide groups is 1. The molecule has 0 radical (unpaired) electrons. The molecule has 3 heterocycles. The van der Waals surface area contributed by atoms with E-state index in [1.54, 1.807) is 12.1 Å². The zero-order chi connectivity index (χ0) is 30.6. The van der Waals surface area contributed by atoms with Crippen LogP contribution in [0, 0.1) is 18.7 Å². The predicted molar refractivity (Wildman–Crippen MR) is 154 cm³/mol. The van der Waals surface area contributed by atoms with Gasteiger partial charge in [0.25, 0.3) is 0 Å². The molecule has 0 aliphatic carbocycles. The van der Waals surface area contributed by atoms with Gasteiger partial charge in [0, 0.05) is 16.5 Å². The fraction of sp³-hybridized carbons (Fsp3) is 0.200. The largest absolute Gasteiger partial charge is 0.416 e. The van der Waals surface area contributed by atoms with Crippen molar-refractivity contribution in [2.45, 2.75) is 35.8 Å². The molecule has 2 aliphatic rings. The Bertz CT molecular complexity index is 1830. The van der Waals surface area contributed by atoms with E-state index in [4.69, 9.17) is 0 Å². The second kappa shape index (κ2) is 10.8. The van der Waals surface area contributed by atoms with Gasteiger partial charge >= 0.3 is 11.0 Å². The van der Waals surface area contributed by atoms with Crippen molar-refractivity contribution in [1.82, 2.24) is 4.57 Å². The molecule has 13 heteroatoms. The van der Waals surface area contributed by atoms with Crippen LogP contribution in [0.5, 0.6) is 0 Å². The van der Waals surface area contributed by atoms with Crippen LogP contribution in [-0.4, -0.2) is 27.5 Å². The van der Waals surface area contributed by atoms with Crippen LogP contribution < -0.4 is 15.1 Å². The summed E-state index contributed by atoms with van der Waals surface area (Å²) in [4.78, 5) is 54.5. The van der Waals surface area contributed by atoms with E-state index in [2.05, 4.69) is 5.32 Å². The second-order valence-corrected chi connectivity index (χ2v) is 12.3. The fourth-order valence-corrected chi connectivity index (χ4v) is 8.18. The van der Waals surface area contributed by atoms with Gasteiger partial charge in [0.05, 0.1) is 22.2 Å². The van der Waals surface area contributed by atoms with Crippen molar-refractivity contribution in [1.29, 1.82) is 0 Å². The molecule has 1 fully saturated rings. The Labute approximate surface area is 250 Å². The molecule has 7 nitrogen and oxygen atoms in total. The maximum atomic E-state index is 13.9. The van der Waals surface area contributed by atoms with Gasteiger partial charge in [-0.05, 0) is 54.4 Å². The molecule has 6 rings (SSSR count). The first-order valence-corrected chi connectivity index (χ1v) is 14.7. The molecule has 1 aromatic heterocycles. The van der Waals surface area contributed by atoms with E-state index < -0.39 is 57.2 Å². The summed E-state index contributed by atoms with van der Waals surface area (Å²) in [6.45, 7) is 1.44. The molecule has 4 aromatic rings. The Morgan fingerprint density at radius 2 is 1.67 bits per heavy atom. The van der Waals surface area contributed by atoms with Gasteiger partial charge in [-0.1, -0.05) is 59.5 Å². The Morgan fingerprint density at radius 3 is 2.37 bits per heavy atom. The number of hydrogen-bond acceptors (Lipinski definition) is 6. The van der Waals surface area contributed by atoms with E-state index >= 15 is 0 Å². The van der Waals surface area contributed by atoms with Crippen LogP contribution in [0.2, 0.25) is 0 Å². The first kappa shape index (κ1) is 28.9. The van der Waals surface area contributed by atoms with Crippen molar-refractivity contribution in [2.75, 3.05) is 10.2 Å².